The molecule has 2 aromatic carbocycles. The molecule has 6 heteroatoms. The van der Waals surface area contributed by atoms with E-state index in [9.17, 15) is 4.79 Å². The van der Waals surface area contributed by atoms with Crippen molar-refractivity contribution in [2.45, 2.75) is 13.1 Å². The highest BCUT2D eigenvalue weighted by molar-refractivity contribution is 6.07. The average molecular weight is 407 g/mol. The fourth-order valence-electron chi connectivity index (χ4n) is 3.78. The molecule has 31 heavy (non-hydrogen) atoms. The second kappa shape index (κ2) is 8.28. The minimum atomic E-state index is -0.113. The van der Waals surface area contributed by atoms with Crippen molar-refractivity contribution in [2.75, 3.05) is 0 Å². The molecule has 0 unspecified atom stereocenters. The van der Waals surface area contributed by atoms with E-state index >= 15 is 0 Å². The molecule has 0 saturated heterocycles. The molecule has 3 heterocycles. The Morgan fingerprint density at radius 2 is 1.74 bits per heavy atom. The third kappa shape index (κ3) is 3.83. The summed E-state index contributed by atoms with van der Waals surface area (Å²) in [5, 5.41) is 8.25. The zero-order valence-electron chi connectivity index (χ0n) is 16.8. The number of fused-ring (bicyclic) bond motifs is 1. The van der Waals surface area contributed by atoms with E-state index in [-0.39, 0.29) is 5.91 Å². The predicted molar refractivity (Wildman–Crippen MR) is 120 cm³/mol. The van der Waals surface area contributed by atoms with Crippen LogP contribution in [0.25, 0.3) is 16.7 Å². The molecule has 5 aromatic rings. The number of rotatable bonds is 6. The molecule has 0 spiro atoms. The first-order chi connectivity index (χ1) is 15.3. The molecule has 0 bridgehead atoms. The maximum atomic E-state index is 13.1. The van der Waals surface area contributed by atoms with Crippen molar-refractivity contribution in [3.63, 3.8) is 0 Å². The van der Waals surface area contributed by atoms with Crippen molar-refractivity contribution in [1.29, 1.82) is 0 Å². The van der Waals surface area contributed by atoms with Crippen molar-refractivity contribution in [1.82, 2.24) is 24.6 Å². The van der Waals surface area contributed by atoms with Gasteiger partial charge in [-0.1, -0.05) is 54.6 Å². The summed E-state index contributed by atoms with van der Waals surface area (Å²) in [4.78, 5) is 17.5. The first-order valence-corrected chi connectivity index (χ1v) is 10.1. The summed E-state index contributed by atoms with van der Waals surface area (Å²) in [5.74, 6) is 0.595. The Hall–Kier alpha value is -4.19. The summed E-state index contributed by atoms with van der Waals surface area (Å²) in [6, 6.07) is 23.9. The normalized spacial score (nSPS) is 11.0. The van der Waals surface area contributed by atoms with Crippen LogP contribution in [-0.4, -0.2) is 25.2 Å². The van der Waals surface area contributed by atoms with E-state index in [1.165, 1.54) is 5.56 Å². The fourth-order valence-corrected chi connectivity index (χ4v) is 3.78. The molecular formula is C25H21N5O. The first-order valence-electron chi connectivity index (χ1n) is 10.1. The number of benzene rings is 2. The minimum Gasteiger partial charge on any atom is -0.348 e. The van der Waals surface area contributed by atoms with Crippen LogP contribution in [0, 0.1) is 0 Å². The Morgan fingerprint density at radius 3 is 2.58 bits per heavy atom. The van der Waals surface area contributed by atoms with Crippen LogP contribution in [0.4, 0.5) is 0 Å². The molecule has 0 radical (unpaired) electrons. The minimum absolute atomic E-state index is 0.113. The van der Waals surface area contributed by atoms with Crippen LogP contribution in [0.5, 0.6) is 0 Å². The molecule has 0 saturated carbocycles. The Bertz CT molecular complexity index is 1320. The van der Waals surface area contributed by atoms with E-state index in [4.69, 9.17) is 0 Å². The highest BCUT2D eigenvalue weighted by Gasteiger charge is 2.16. The maximum absolute atomic E-state index is 13.1. The second-order valence-electron chi connectivity index (χ2n) is 7.29. The molecule has 1 N–H and O–H groups in total. The number of nitrogens with zero attached hydrogens (tertiary/aromatic N) is 4. The van der Waals surface area contributed by atoms with E-state index in [0.29, 0.717) is 24.5 Å². The van der Waals surface area contributed by atoms with Crippen molar-refractivity contribution in [2.24, 2.45) is 0 Å². The van der Waals surface area contributed by atoms with Gasteiger partial charge in [0.15, 0.2) is 5.82 Å². The van der Waals surface area contributed by atoms with Gasteiger partial charge in [-0.25, -0.2) is 9.67 Å². The molecule has 152 valence electrons. The van der Waals surface area contributed by atoms with Crippen LogP contribution in [0.15, 0.2) is 97.6 Å². The van der Waals surface area contributed by atoms with E-state index in [1.807, 2.05) is 73.1 Å². The van der Waals surface area contributed by atoms with Crippen LogP contribution in [-0.2, 0) is 13.1 Å². The summed E-state index contributed by atoms with van der Waals surface area (Å²) >= 11 is 0. The predicted octanol–water partition coefficient (Wildman–Crippen LogP) is 4.20. The van der Waals surface area contributed by atoms with Gasteiger partial charge in [-0.05, 0) is 23.8 Å². The quantitative estimate of drug-likeness (QED) is 0.459. The van der Waals surface area contributed by atoms with Crippen molar-refractivity contribution < 1.29 is 4.79 Å². The van der Waals surface area contributed by atoms with Gasteiger partial charge in [-0.15, -0.1) is 0 Å². The van der Waals surface area contributed by atoms with Gasteiger partial charge in [0, 0.05) is 54.3 Å². The lowest BCUT2D eigenvalue weighted by molar-refractivity contribution is 0.0952. The number of para-hydroxylation sites is 1. The van der Waals surface area contributed by atoms with Gasteiger partial charge in [0.2, 0.25) is 0 Å². The summed E-state index contributed by atoms with van der Waals surface area (Å²) in [7, 11) is 0. The van der Waals surface area contributed by atoms with E-state index in [0.717, 1.165) is 16.5 Å². The van der Waals surface area contributed by atoms with Crippen molar-refractivity contribution >= 4 is 16.8 Å². The number of pyridine rings is 1. The number of aromatic nitrogens is 4. The summed E-state index contributed by atoms with van der Waals surface area (Å²) < 4.78 is 3.83. The van der Waals surface area contributed by atoms with Gasteiger partial charge in [-0.2, -0.15) is 5.10 Å². The second-order valence-corrected chi connectivity index (χ2v) is 7.29. The van der Waals surface area contributed by atoms with Gasteiger partial charge >= 0.3 is 0 Å². The van der Waals surface area contributed by atoms with E-state index in [1.54, 1.807) is 17.1 Å². The van der Waals surface area contributed by atoms with Crippen molar-refractivity contribution in [3.05, 3.63) is 114 Å². The number of carbonyl (C=O) groups is 1. The topological polar surface area (TPSA) is 64.7 Å². The summed E-state index contributed by atoms with van der Waals surface area (Å²) in [6.07, 6.45) is 7.20. The third-order valence-electron chi connectivity index (χ3n) is 5.26. The number of nitrogens with one attached hydrogen (secondary N) is 1. The molecule has 6 nitrogen and oxygen atoms in total. The van der Waals surface area contributed by atoms with Crippen LogP contribution < -0.4 is 5.32 Å². The molecule has 0 fully saturated rings. The first kappa shape index (κ1) is 18.8. The van der Waals surface area contributed by atoms with E-state index in [2.05, 4.69) is 32.1 Å². The molecule has 0 aliphatic rings. The lowest BCUT2D eigenvalue weighted by Crippen LogP contribution is -2.23. The number of hydrogen-bond donors (Lipinski definition) is 1. The van der Waals surface area contributed by atoms with Crippen LogP contribution in [0.3, 0.4) is 0 Å². The zero-order valence-corrected chi connectivity index (χ0v) is 16.8. The molecule has 5 rings (SSSR count). The van der Waals surface area contributed by atoms with Gasteiger partial charge in [0.05, 0.1) is 5.56 Å². The van der Waals surface area contributed by atoms with Gasteiger partial charge in [0.25, 0.3) is 5.91 Å². The monoisotopic (exact) mass is 407 g/mol. The Kier molecular flexibility index (Phi) is 5.02. The summed E-state index contributed by atoms with van der Waals surface area (Å²) in [5.41, 5.74) is 3.79. The fraction of sp³-hybridized carbons (Fsp3) is 0.0800. The molecule has 0 atom stereocenters. The van der Waals surface area contributed by atoms with Crippen LogP contribution >= 0.6 is 0 Å². The van der Waals surface area contributed by atoms with E-state index < -0.39 is 0 Å². The Balaban J connectivity index is 1.41. The van der Waals surface area contributed by atoms with Gasteiger partial charge in [-0.3, -0.25) is 4.79 Å². The smallest absolute Gasteiger partial charge is 0.253 e. The maximum Gasteiger partial charge on any atom is 0.253 e. The number of amides is 1. The number of hydrogen-bond acceptors (Lipinski definition) is 3. The standard InChI is InChI=1S/C25H21N5O/c31-25(27-16-20-10-6-13-26-24(20)30-15-7-14-28-30)22-18-29(17-19-8-2-1-3-9-19)23-12-5-4-11-21(22)23/h1-15,18H,16-17H2,(H,27,31). The Labute approximate surface area is 179 Å². The third-order valence-corrected chi connectivity index (χ3v) is 5.26. The van der Waals surface area contributed by atoms with Gasteiger partial charge < -0.3 is 9.88 Å². The molecule has 3 aromatic heterocycles. The SMILES string of the molecule is O=C(NCc1cccnc1-n1cccn1)c1cn(Cc2ccccc2)c2ccccc12. The summed E-state index contributed by atoms with van der Waals surface area (Å²) in [6.45, 7) is 1.07. The number of carbonyl (C=O) groups excluding carboxylic acids is 1. The lowest BCUT2D eigenvalue weighted by Gasteiger charge is -2.09. The Morgan fingerprint density at radius 1 is 0.903 bits per heavy atom. The largest absolute Gasteiger partial charge is 0.348 e. The van der Waals surface area contributed by atoms with Crippen LogP contribution in [0.1, 0.15) is 21.5 Å². The van der Waals surface area contributed by atoms with Crippen LogP contribution in [0.2, 0.25) is 0 Å². The zero-order chi connectivity index (χ0) is 21.0. The van der Waals surface area contributed by atoms with Gasteiger partial charge in [0.1, 0.15) is 0 Å². The highest BCUT2D eigenvalue weighted by Crippen LogP contribution is 2.23. The molecule has 0 aliphatic heterocycles. The lowest BCUT2D eigenvalue weighted by atomic mass is 10.1. The molecule has 0 aliphatic carbocycles. The van der Waals surface area contributed by atoms with Crippen molar-refractivity contribution in [3.8, 4) is 5.82 Å². The highest BCUT2D eigenvalue weighted by atomic mass is 16.1. The molecular weight excluding hydrogens is 386 g/mol. The average Bonchev–Trinajstić information content (AvgIpc) is 3.47. The molecule has 1 amide bonds.